The zero-order chi connectivity index (χ0) is 25.4. The fourth-order valence-corrected chi connectivity index (χ4v) is 4.80. The molecule has 1 aliphatic heterocycles. The average Bonchev–Trinajstić information content (AvgIpc) is 3.06. The lowest BCUT2D eigenvalue weighted by molar-refractivity contribution is -0.384. The van der Waals surface area contributed by atoms with Gasteiger partial charge >= 0.3 is 0 Å². The number of hydrazine groups is 1. The highest BCUT2D eigenvalue weighted by Gasteiger charge is 2.52. The number of rotatable bonds is 6. The molecule has 0 saturated carbocycles. The van der Waals surface area contributed by atoms with Crippen LogP contribution in [0.25, 0.3) is 0 Å². The van der Waals surface area contributed by atoms with Gasteiger partial charge in [0, 0.05) is 22.7 Å². The first-order valence-electron chi connectivity index (χ1n) is 10.7. The average molecular weight is 516 g/mol. The first-order chi connectivity index (χ1) is 16.6. The molecule has 1 aliphatic carbocycles. The van der Waals surface area contributed by atoms with Gasteiger partial charge in [-0.2, -0.15) is 5.01 Å². The van der Waals surface area contributed by atoms with Crippen molar-refractivity contribution in [2.45, 2.75) is 19.8 Å². The second kappa shape index (κ2) is 9.59. The molecule has 9 nitrogen and oxygen atoms in total. The topological polar surface area (TPSA) is 118 Å². The largest absolute Gasteiger partial charge is 0.292 e. The van der Waals surface area contributed by atoms with Crippen LogP contribution in [0.2, 0.25) is 10.0 Å². The van der Waals surface area contributed by atoms with Crippen LogP contribution < -0.4 is 0 Å². The van der Waals surface area contributed by atoms with Gasteiger partial charge in [-0.05, 0) is 38.0 Å². The molecular weight excluding hydrogens is 497 g/mol. The van der Waals surface area contributed by atoms with E-state index in [0.29, 0.717) is 12.8 Å². The molecule has 0 aromatic heterocycles. The molecule has 0 spiro atoms. The van der Waals surface area contributed by atoms with E-state index in [1.807, 2.05) is 13.0 Å². The van der Waals surface area contributed by atoms with Crippen molar-refractivity contribution in [2.24, 2.45) is 11.8 Å². The lowest BCUT2D eigenvalue weighted by Crippen LogP contribution is -2.52. The first kappa shape index (κ1) is 24.6. The number of fused-ring (bicyclic) bond motifs is 1. The first-order valence-corrected chi connectivity index (χ1v) is 11.4. The SMILES string of the molecule is CC1=CC[C@H]2C(=O)N(N(CC(=O)c3cccc([N+](=O)[O-])c3)C(=O)c3ccc(Cl)cc3Cl)C(=O)[C@@H]2C1. The molecule has 180 valence electrons. The van der Waals surface area contributed by atoms with E-state index < -0.39 is 46.8 Å². The number of benzene rings is 2. The molecule has 11 heteroatoms. The Morgan fingerprint density at radius 1 is 1.11 bits per heavy atom. The van der Waals surface area contributed by atoms with Crippen LogP contribution in [0.5, 0.6) is 0 Å². The summed E-state index contributed by atoms with van der Waals surface area (Å²) in [5.74, 6) is -4.01. The number of Topliss-reactive ketones (excluding diaryl/α,β-unsaturated/α-hetero) is 1. The zero-order valence-corrected chi connectivity index (χ0v) is 20.0. The molecule has 1 heterocycles. The summed E-state index contributed by atoms with van der Waals surface area (Å²) in [6.45, 7) is 1.15. The number of hydrogen-bond acceptors (Lipinski definition) is 6. The van der Waals surface area contributed by atoms with Crippen molar-refractivity contribution in [2.75, 3.05) is 6.54 Å². The quantitative estimate of drug-likeness (QED) is 0.184. The number of amides is 3. The van der Waals surface area contributed by atoms with E-state index in [4.69, 9.17) is 23.2 Å². The highest BCUT2D eigenvalue weighted by atomic mass is 35.5. The van der Waals surface area contributed by atoms with Crippen molar-refractivity contribution < 1.29 is 24.1 Å². The summed E-state index contributed by atoms with van der Waals surface area (Å²) in [6, 6.07) is 9.07. The molecule has 2 atom stereocenters. The fourth-order valence-electron chi connectivity index (χ4n) is 4.31. The van der Waals surface area contributed by atoms with Crippen molar-refractivity contribution in [1.82, 2.24) is 10.0 Å². The second-order valence-corrected chi connectivity index (χ2v) is 9.25. The van der Waals surface area contributed by atoms with Crippen LogP contribution in [0.4, 0.5) is 5.69 Å². The number of nitrogens with zero attached hydrogens (tertiary/aromatic N) is 3. The number of allylic oxidation sites excluding steroid dienone is 2. The molecule has 1 saturated heterocycles. The highest BCUT2D eigenvalue weighted by molar-refractivity contribution is 6.36. The molecule has 2 aliphatic rings. The summed E-state index contributed by atoms with van der Waals surface area (Å²) < 4.78 is 0. The number of ketones is 1. The molecule has 1 fully saturated rings. The van der Waals surface area contributed by atoms with Crippen LogP contribution in [0.1, 0.15) is 40.5 Å². The van der Waals surface area contributed by atoms with Crippen LogP contribution in [0, 0.1) is 22.0 Å². The maximum atomic E-state index is 13.5. The van der Waals surface area contributed by atoms with Crippen LogP contribution in [0.3, 0.4) is 0 Å². The minimum atomic E-state index is -0.851. The monoisotopic (exact) mass is 515 g/mol. The van der Waals surface area contributed by atoms with Crippen molar-refractivity contribution in [3.05, 3.63) is 85.4 Å². The lowest BCUT2D eigenvalue weighted by Gasteiger charge is -2.30. The Morgan fingerprint density at radius 3 is 2.51 bits per heavy atom. The Morgan fingerprint density at radius 2 is 1.83 bits per heavy atom. The van der Waals surface area contributed by atoms with Gasteiger partial charge in [-0.15, -0.1) is 0 Å². The van der Waals surface area contributed by atoms with E-state index in [1.54, 1.807) is 0 Å². The summed E-state index contributed by atoms with van der Waals surface area (Å²) in [7, 11) is 0. The van der Waals surface area contributed by atoms with Crippen LogP contribution in [-0.2, 0) is 9.59 Å². The smallest absolute Gasteiger partial charge is 0.274 e. The van der Waals surface area contributed by atoms with E-state index in [0.717, 1.165) is 21.7 Å². The number of imide groups is 1. The maximum absolute atomic E-state index is 13.5. The van der Waals surface area contributed by atoms with Gasteiger partial charge in [0.1, 0.15) is 6.54 Å². The molecule has 0 N–H and O–H groups in total. The number of nitro benzene ring substituents is 1. The Kier molecular flexibility index (Phi) is 6.73. The molecule has 3 amide bonds. The minimum Gasteiger partial charge on any atom is -0.292 e. The second-order valence-electron chi connectivity index (χ2n) is 8.41. The van der Waals surface area contributed by atoms with Gasteiger partial charge in [0.15, 0.2) is 5.78 Å². The van der Waals surface area contributed by atoms with E-state index in [2.05, 4.69) is 0 Å². The van der Waals surface area contributed by atoms with Gasteiger partial charge in [-0.3, -0.25) is 29.3 Å². The molecule has 35 heavy (non-hydrogen) atoms. The fraction of sp³-hybridized carbons (Fsp3) is 0.250. The number of non-ortho nitro benzene ring substituents is 1. The van der Waals surface area contributed by atoms with Gasteiger partial charge in [0.05, 0.1) is 27.3 Å². The third-order valence-electron chi connectivity index (χ3n) is 6.11. The Balaban J connectivity index is 1.73. The van der Waals surface area contributed by atoms with Crippen molar-refractivity contribution in [3.63, 3.8) is 0 Å². The van der Waals surface area contributed by atoms with E-state index >= 15 is 0 Å². The molecule has 0 unspecified atom stereocenters. The minimum absolute atomic E-state index is 0.0238. The van der Waals surface area contributed by atoms with Gasteiger partial charge in [-0.1, -0.05) is 47.0 Å². The van der Waals surface area contributed by atoms with Crippen LogP contribution >= 0.6 is 23.2 Å². The Labute approximate surface area is 210 Å². The van der Waals surface area contributed by atoms with E-state index in [-0.39, 0.29) is 26.9 Å². The van der Waals surface area contributed by atoms with Crippen LogP contribution in [-0.4, -0.2) is 45.0 Å². The molecule has 2 aromatic rings. The molecule has 0 bridgehead atoms. The normalized spacial score (nSPS) is 19.3. The van der Waals surface area contributed by atoms with Gasteiger partial charge in [0.2, 0.25) is 0 Å². The highest BCUT2D eigenvalue weighted by Crippen LogP contribution is 2.39. The number of carbonyl (C=O) groups is 4. The van der Waals surface area contributed by atoms with Crippen LogP contribution in [0.15, 0.2) is 54.1 Å². The summed E-state index contributed by atoms with van der Waals surface area (Å²) in [5, 5.41) is 12.9. The number of hydrogen-bond donors (Lipinski definition) is 0. The van der Waals surface area contributed by atoms with Crippen molar-refractivity contribution >= 4 is 52.4 Å². The number of carbonyl (C=O) groups excluding carboxylic acids is 4. The van der Waals surface area contributed by atoms with Gasteiger partial charge in [-0.25, -0.2) is 5.01 Å². The molecule has 2 aromatic carbocycles. The van der Waals surface area contributed by atoms with Gasteiger partial charge in [0.25, 0.3) is 23.4 Å². The van der Waals surface area contributed by atoms with Crippen molar-refractivity contribution in [1.29, 1.82) is 0 Å². The summed E-state index contributed by atoms with van der Waals surface area (Å²) >= 11 is 12.1. The Bertz CT molecular complexity index is 1310. The standard InChI is InChI=1S/C24H19Cl2N3O6/c1-13-5-7-17-19(9-13)24(33)28(23(17)32)27(22(31)18-8-6-15(25)11-20(18)26)12-21(30)14-3-2-4-16(10-14)29(34)35/h2-6,8,10-11,17,19H,7,9,12H2,1H3/t17-,19-/m1/s1. The predicted molar refractivity (Wildman–Crippen MR) is 127 cm³/mol. The summed E-state index contributed by atoms with van der Waals surface area (Å²) in [6.07, 6.45) is 2.60. The Hall–Kier alpha value is -3.56. The third kappa shape index (κ3) is 4.69. The lowest BCUT2D eigenvalue weighted by atomic mass is 9.82. The third-order valence-corrected chi connectivity index (χ3v) is 6.66. The molecular formula is C24H19Cl2N3O6. The van der Waals surface area contributed by atoms with E-state index in [1.165, 1.54) is 36.4 Å². The summed E-state index contributed by atoms with van der Waals surface area (Å²) in [4.78, 5) is 63.7. The number of nitro groups is 1. The van der Waals surface area contributed by atoms with Gasteiger partial charge < -0.3 is 0 Å². The van der Waals surface area contributed by atoms with Crippen molar-refractivity contribution in [3.8, 4) is 0 Å². The number of halogens is 2. The van der Waals surface area contributed by atoms with E-state index in [9.17, 15) is 29.3 Å². The molecule has 0 radical (unpaired) electrons. The predicted octanol–water partition coefficient (Wildman–Crippen LogP) is 4.48. The zero-order valence-electron chi connectivity index (χ0n) is 18.4. The summed E-state index contributed by atoms with van der Waals surface area (Å²) in [5.41, 5.74) is 0.539. The maximum Gasteiger partial charge on any atom is 0.274 e. The molecule has 4 rings (SSSR count).